The van der Waals surface area contributed by atoms with Crippen molar-refractivity contribution < 1.29 is 4.84 Å². The fourth-order valence-corrected chi connectivity index (χ4v) is 1.54. The summed E-state index contributed by atoms with van der Waals surface area (Å²) in [6.07, 6.45) is 3.36. The van der Waals surface area contributed by atoms with E-state index in [4.69, 9.17) is 4.84 Å². The Morgan fingerprint density at radius 1 is 1.58 bits per heavy atom. The van der Waals surface area contributed by atoms with Crippen molar-refractivity contribution >= 4 is 6.40 Å². The molecule has 3 heterocycles. The molecule has 0 saturated carbocycles. The molecule has 64 valence electrons. The minimum atomic E-state index is 0.881. The van der Waals surface area contributed by atoms with Gasteiger partial charge in [-0.3, -0.25) is 0 Å². The van der Waals surface area contributed by atoms with E-state index >= 15 is 0 Å². The summed E-state index contributed by atoms with van der Waals surface area (Å²) in [5.41, 5.74) is 1.19. The maximum atomic E-state index is 5.09. The van der Waals surface area contributed by atoms with Crippen LogP contribution in [0.1, 0.15) is 0 Å². The largest absolute Gasteiger partial charge is 0.343 e. The van der Waals surface area contributed by atoms with E-state index in [0.29, 0.717) is 0 Å². The Balaban J connectivity index is 1.90. The summed E-state index contributed by atoms with van der Waals surface area (Å²) in [6, 6.07) is 0. The molecular weight excluding hydrogens is 158 g/mol. The van der Waals surface area contributed by atoms with Crippen LogP contribution in [0.3, 0.4) is 0 Å². The fraction of sp³-hybridized carbons (Fsp3) is 0.500. The Morgan fingerprint density at radius 3 is 3.58 bits per heavy atom. The van der Waals surface area contributed by atoms with Crippen LogP contribution in [0.2, 0.25) is 0 Å². The van der Waals surface area contributed by atoms with Gasteiger partial charge in [0.25, 0.3) is 0 Å². The molecule has 0 radical (unpaired) electrons. The summed E-state index contributed by atoms with van der Waals surface area (Å²) in [4.78, 5) is 5.09. The number of hydrazine groups is 2. The third-order valence-corrected chi connectivity index (χ3v) is 2.10. The zero-order valence-corrected chi connectivity index (χ0v) is 6.47. The van der Waals surface area contributed by atoms with E-state index in [-0.39, 0.29) is 0 Å². The highest BCUT2D eigenvalue weighted by atomic mass is 16.8. The van der Waals surface area contributed by atoms with Crippen molar-refractivity contribution in [3.05, 3.63) is 11.9 Å². The van der Waals surface area contributed by atoms with Crippen molar-refractivity contribution in [2.75, 3.05) is 19.6 Å². The third-order valence-electron chi connectivity index (χ3n) is 2.10. The van der Waals surface area contributed by atoms with E-state index in [9.17, 15) is 0 Å². The zero-order chi connectivity index (χ0) is 7.97. The average Bonchev–Trinajstić information content (AvgIpc) is 2.62. The molecule has 6 nitrogen and oxygen atoms in total. The first-order valence-corrected chi connectivity index (χ1v) is 3.92. The number of fused-ring (bicyclic) bond motifs is 3. The van der Waals surface area contributed by atoms with Gasteiger partial charge >= 0.3 is 0 Å². The number of nitrogens with zero attached hydrogens (tertiary/aromatic N) is 4. The van der Waals surface area contributed by atoms with Gasteiger partial charge in [-0.1, -0.05) is 15.5 Å². The van der Waals surface area contributed by atoms with Gasteiger partial charge in [-0.15, -0.1) is 0 Å². The standard InChI is InChI=1S/C6H9N5O/c1-2-9-6(3-7-1)4-10-11(9)8-5-12-10/h4-5,7H,1-3H2. The number of hydrogen-bond acceptors (Lipinski definition) is 6. The van der Waals surface area contributed by atoms with Crippen LogP contribution in [0.4, 0.5) is 0 Å². The van der Waals surface area contributed by atoms with Crippen molar-refractivity contribution in [2.45, 2.75) is 0 Å². The second-order valence-electron chi connectivity index (χ2n) is 2.82. The Bertz CT molecular complexity index is 263. The second-order valence-corrected chi connectivity index (χ2v) is 2.82. The highest BCUT2D eigenvalue weighted by Gasteiger charge is 2.34. The third kappa shape index (κ3) is 0.646. The minimum Gasteiger partial charge on any atom is -0.343 e. The summed E-state index contributed by atoms with van der Waals surface area (Å²) >= 11 is 0. The van der Waals surface area contributed by atoms with Crippen molar-refractivity contribution in [2.24, 2.45) is 5.10 Å². The molecule has 3 rings (SSSR count). The molecule has 6 heteroatoms. The lowest BCUT2D eigenvalue weighted by molar-refractivity contribution is -0.225. The van der Waals surface area contributed by atoms with Crippen molar-refractivity contribution in [3.8, 4) is 0 Å². The molecule has 0 spiro atoms. The number of piperazine rings is 1. The summed E-state index contributed by atoms with van der Waals surface area (Å²) in [5, 5.41) is 12.7. The molecule has 0 amide bonds. The molecular formula is C6H9N5O. The molecule has 1 N–H and O–H groups in total. The Labute approximate surface area is 69.6 Å². The van der Waals surface area contributed by atoms with E-state index in [1.807, 2.05) is 6.20 Å². The lowest BCUT2D eigenvalue weighted by atomic mass is 10.3. The number of nitrogens with one attached hydrogen (secondary N) is 1. The summed E-state index contributed by atoms with van der Waals surface area (Å²) in [6.45, 7) is 2.80. The monoisotopic (exact) mass is 167 g/mol. The van der Waals surface area contributed by atoms with Crippen LogP contribution in [-0.4, -0.2) is 41.4 Å². The first kappa shape index (κ1) is 6.13. The number of hydrazone groups is 1. The fourth-order valence-electron chi connectivity index (χ4n) is 1.54. The van der Waals surface area contributed by atoms with Crippen LogP contribution in [0.15, 0.2) is 17.0 Å². The Kier molecular flexibility index (Phi) is 1.04. The first-order valence-electron chi connectivity index (χ1n) is 3.92. The van der Waals surface area contributed by atoms with E-state index < -0.39 is 0 Å². The normalized spacial score (nSPS) is 25.3. The van der Waals surface area contributed by atoms with Gasteiger partial charge in [0.1, 0.15) is 0 Å². The van der Waals surface area contributed by atoms with Gasteiger partial charge in [0.2, 0.25) is 6.40 Å². The van der Waals surface area contributed by atoms with Crippen molar-refractivity contribution in [3.63, 3.8) is 0 Å². The number of rotatable bonds is 0. The van der Waals surface area contributed by atoms with Gasteiger partial charge in [-0.2, -0.15) is 0 Å². The zero-order valence-electron chi connectivity index (χ0n) is 6.47. The maximum Gasteiger partial charge on any atom is 0.233 e. The molecule has 3 aliphatic rings. The van der Waals surface area contributed by atoms with Gasteiger partial charge in [-0.05, 0) is 0 Å². The predicted molar refractivity (Wildman–Crippen MR) is 40.9 cm³/mol. The first-order chi connectivity index (χ1) is 5.95. The highest BCUT2D eigenvalue weighted by molar-refractivity contribution is 5.47. The van der Waals surface area contributed by atoms with Gasteiger partial charge in [0.05, 0.1) is 18.4 Å². The second kappa shape index (κ2) is 2.04. The van der Waals surface area contributed by atoms with Gasteiger partial charge in [-0.25, -0.2) is 5.01 Å². The topological polar surface area (TPSA) is 43.3 Å². The molecule has 0 aromatic carbocycles. The maximum absolute atomic E-state index is 5.09. The van der Waals surface area contributed by atoms with Gasteiger partial charge in [0.15, 0.2) is 0 Å². The molecule has 0 unspecified atom stereocenters. The minimum absolute atomic E-state index is 0.881. The average molecular weight is 167 g/mol. The molecule has 0 aromatic rings. The quantitative estimate of drug-likeness (QED) is 0.505. The molecule has 0 atom stereocenters. The predicted octanol–water partition coefficient (Wildman–Crippen LogP) is -0.931. The van der Waals surface area contributed by atoms with E-state index in [1.165, 1.54) is 12.1 Å². The number of hydroxylamine groups is 1. The van der Waals surface area contributed by atoms with E-state index in [1.54, 1.807) is 10.4 Å². The van der Waals surface area contributed by atoms with Crippen molar-refractivity contribution in [1.29, 1.82) is 0 Å². The Hall–Kier alpha value is -1.43. The van der Waals surface area contributed by atoms with Crippen molar-refractivity contribution in [1.82, 2.24) is 20.7 Å². The Morgan fingerprint density at radius 2 is 2.58 bits per heavy atom. The van der Waals surface area contributed by atoms with E-state index in [0.717, 1.165) is 19.6 Å². The highest BCUT2D eigenvalue weighted by Crippen LogP contribution is 2.24. The van der Waals surface area contributed by atoms with E-state index in [2.05, 4.69) is 15.4 Å². The van der Waals surface area contributed by atoms with Crippen LogP contribution >= 0.6 is 0 Å². The molecule has 1 fully saturated rings. The van der Waals surface area contributed by atoms with Crippen LogP contribution in [0.25, 0.3) is 0 Å². The lowest BCUT2D eigenvalue weighted by Crippen LogP contribution is -2.46. The van der Waals surface area contributed by atoms with Gasteiger partial charge < -0.3 is 10.2 Å². The summed E-state index contributed by atoms with van der Waals surface area (Å²) < 4.78 is 0. The van der Waals surface area contributed by atoms with Crippen LogP contribution in [0, 0.1) is 0 Å². The smallest absolute Gasteiger partial charge is 0.233 e. The SMILES string of the molecule is C1=NN2N(C=C3CNCCN32)O1. The van der Waals surface area contributed by atoms with Crippen LogP contribution in [0.5, 0.6) is 0 Å². The molecule has 0 aromatic heterocycles. The van der Waals surface area contributed by atoms with Crippen LogP contribution in [-0.2, 0) is 4.84 Å². The lowest BCUT2D eigenvalue weighted by Gasteiger charge is -2.31. The molecule has 3 aliphatic heterocycles. The summed E-state index contributed by atoms with van der Waals surface area (Å²) in [5.74, 6) is 0. The molecule has 12 heavy (non-hydrogen) atoms. The molecule has 1 saturated heterocycles. The number of hydrogen-bond donors (Lipinski definition) is 1. The molecule has 0 bridgehead atoms. The molecule has 0 aliphatic carbocycles. The summed E-state index contributed by atoms with van der Waals surface area (Å²) in [7, 11) is 0. The van der Waals surface area contributed by atoms with Crippen LogP contribution < -0.4 is 5.32 Å². The van der Waals surface area contributed by atoms with Gasteiger partial charge in [0, 0.05) is 13.1 Å².